The fourth-order valence-electron chi connectivity index (χ4n) is 3.36. The largest absolute Gasteiger partial charge is 0.378 e. The zero-order valence-corrected chi connectivity index (χ0v) is 17.3. The summed E-state index contributed by atoms with van der Waals surface area (Å²) in [6.07, 6.45) is 0.237. The number of carbonyl (C=O) groups excluding carboxylic acids is 2. The Bertz CT molecular complexity index is 849. The van der Waals surface area contributed by atoms with E-state index in [4.69, 9.17) is 0 Å². The molecule has 0 aromatic heterocycles. The Morgan fingerprint density at radius 2 is 1.64 bits per heavy atom. The van der Waals surface area contributed by atoms with Crippen LogP contribution in [0.3, 0.4) is 0 Å². The third-order valence-electron chi connectivity index (χ3n) is 5.19. The predicted molar refractivity (Wildman–Crippen MR) is 115 cm³/mol. The van der Waals surface area contributed by atoms with E-state index in [9.17, 15) is 9.59 Å². The first kappa shape index (κ1) is 19.9. The molecule has 5 heteroatoms. The highest BCUT2D eigenvalue weighted by Crippen LogP contribution is 2.28. The maximum absolute atomic E-state index is 12.7. The van der Waals surface area contributed by atoms with Gasteiger partial charge < -0.3 is 15.1 Å². The summed E-state index contributed by atoms with van der Waals surface area (Å²) >= 11 is 0. The number of amides is 2. The molecule has 0 saturated carbocycles. The van der Waals surface area contributed by atoms with Gasteiger partial charge in [-0.1, -0.05) is 32.9 Å². The molecule has 0 spiro atoms. The van der Waals surface area contributed by atoms with Gasteiger partial charge in [0, 0.05) is 44.1 Å². The van der Waals surface area contributed by atoms with Crippen LogP contribution in [-0.4, -0.2) is 32.5 Å². The molecule has 1 atom stereocenters. The minimum Gasteiger partial charge on any atom is -0.378 e. The quantitative estimate of drug-likeness (QED) is 0.872. The van der Waals surface area contributed by atoms with Crippen LogP contribution >= 0.6 is 0 Å². The van der Waals surface area contributed by atoms with Crippen LogP contribution in [0.1, 0.15) is 32.8 Å². The molecule has 3 rings (SSSR count). The topological polar surface area (TPSA) is 52.6 Å². The van der Waals surface area contributed by atoms with Gasteiger partial charge in [0.25, 0.3) is 0 Å². The number of hydrogen-bond acceptors (Lipinski definition) is 3. The lowest BCUT2D eigenvalue weighted by atomic mass is 9.87. The summed E-state index contributed by atoms with van der Waals surface area (Å²) in [5.41, 5.74) is 3.96. The maximum atomic E-state index is 12.7. The number of nitrogens with zero attached hydrogens (tertiary/aromatic N) is 2. The van der Waals surface area contributed by atoms with Crippen LogP contribution in [0.25, 0.3) is 0 Å². The van der Waals surface area contributed by atoms with E-state index in [1.54, 1.807) is 4.90 Å². The molecule has 5 nitrogen and oxygen atoms in total. The maximum Gasteiger partial charge on any atom is 0.229 e. The average Bonchev–Trinajstić information content (AvgIpc) is 3.03. The summed E-state index contributed by atoms with van der Waals surface area (Å²) < 4.78 is 0. The molecule has 0 radical (unpaired) electrons. The Morgan fingerprint density at radius 3 is 2.18 bits per heavy atom. The lowest BCUT2D eigenvalue weighted by Gasteiger charge is -2.20. The number of benzene rings is 2. The Morgan fingerprint density at radius 1 is 1.04 bits per heavy atom. The number of hydrogen-bond donors (Lipinski definition) is 1. The van der Waals surface area contributed by atoms with E-state index in [0.717, 1.165) is 17.1 Å². The summed E-state index contributed by atoms with van der Waals surface area (Å²) in [6.45, 7) is 6.88. The molecule has 1 heterocycles. The van der Waals surface area contributed by atoms with Crippen LogP contribution in [0.4, 0.5) is 17.1 Å². The van der Waals surface area contributed by atoms with Gasteiger partial charge in [-0.3, -0.25) is 9.59 Å². The van der Waals surface area contributed by atoms with Gasteiger partial charge in [-0.05, 0) is 47.4 Å². The Balaban J connectivity index is 1.65. The highest BCUT2D eigenvalue weighted by Gasteiger charge is 2.35. The number of carbonyl (C=O) groups is 2. The third-order valence-corrected chi connectivity index (χ3v) is 5.19. The van der Waals surface area contributed by atoms with Crippen molar-refractivity contribution in [1.82, 2.24) is 0 Å². The SMILES string of the molecule is CN(C)c1ccc(N2CC(C(=O)Nc3ccc(C(C)(C)C)cc3)CC2=O)cc1. The van der Waals surface area contributed by atoms with E-state index < -0.39 is 0 Å². The first-order chi connectivity index (χ1) is 13.1. The van der Waals surface area contributed by atoms with Crippen LogP contribution in [0.2, 0.25) is 0 Å². The fraction of sp³-hybridized carbons (Fsp3) is 0.391. The lowest BCUT2D eigenvalue weighted by Crippen LogP contribution is -2.28. The standard InChI is InChI=1S/C23H29N3O2/c1-23(2,3)17-6-8-18(9-7-17)24-22(28)16-14-21(27)26(15-16)20-12-10-19(11-13-20)25(4)5/h6-13,16H,14-15H2,1-5H3,(H,24,28). The Kier molecular flexibility index (Phi) is 5.45. The van der Waals surface area contributed by atoms with Crippen LogP contribution in [-0.2, 0) is 15.0 Å². The highest BCUT2D eigenvalue weighted by molar-refractivity contribution is 6.03. The predicted octanol–water partition coefficient (Wildman–Crippen LogP) is 4.04. The van der Waals surface area contributed by atoms with Crippen molar-refractivity contribution in [2.45, 2.75) is 32.6 Å². The number of anilines is 3. The van der Waals surface area contributed by atoms with Crippen LogP contribution in [0.15, 0.2) is 48.5 Å². The minimum atomic E-state index is -0.344. The van der Waals surface area contributed by atoms with Gasteiger partial charge in [-0.2, -0.15) is 0 Å². The second-order valence-electron chi connectivity index (χ2n) is 8.63. The van der Waals surface area contributed by atoms with E-state index >= 15 is 0 Å². The molecule has 1 fully saturated rings. The zero-order chi connectivity index (χ0) is 20.5. The van der Waals surface area contributed by atoms with Crippen molar-refractivity contribution in [3.05, 3.63) is 54.1 Å². The molecule has 0 bridgehead atoms. The third kappa shape index (κ3) is 4.35. The molecule has 1 aliphatic heterocycles. The normalized spacial score (nSPS) is 17.0. The van der Waals surface area contributed by atoms with Crippen molar-refractivity contribution >= 4 is 28.9 Å². The molecule has 1 saturated heterocycles. The summed E-state index contributed by atoms with van der Waals surface area (Å²) in [4.78, 5) is 28.8. The number of nitrogens with one attached hydrogen (secondary N) is 1. The van der Waals surface area contributed by atoms with Gasteiger partial charge in [0.05, 0.1) is 5.92 Å². The van der Waals surface area contributed by atoms with Crippen LogP contribution < -0.4 is 15.1 Å². The first-order valence-electron chi connectivity index (χ1n) is 9.64. The van der Waals surface area contributed by atoms with Gasteiger partial charge in [0.15, 0.2) is 0 Å². The van der Waals surface area contributed by atoms with Gasteiger partial charge in [0.1, 0.15) is 0 Å². The van der Waals surface area contributed by atoms with Gasteiger partial charge >= 0.3 is 0 Å². The summed E-state index contributed by atoms with van der Waals surface area (Å²) in [5, 5.41) is 2.95. The molecule has 1 N–H and O–H groups in total. The van der Waals surface area contributed by atoms with E-state index in [2.05, 4.69) is 26.1 Å². The molecule has 2 amide bonds. The molecular weight excluding hydrogens is 350 g/mol. The second-order valence-corrected chi connectivity index (χ2v) is 8.63. The zero-order valence-electron chi connectivity index (χ0n) is 17.3. The van der Waals surface area contributed by atoms with E-state index in [-0.39, 0.29) is 29.6 Å². The molecule has 0 aliphatic carbocycles. The molecule has 1 unspecified atom stereocenters. The van der Waals surface area contributed by atoms with E-state index in [0.29, 0.717) is 6.54 Å². The van der Waals surface area contributed by atoms with Crippen molar-refractivity contribution < 1.29 is 9.59 Å². The Labute approximate surface area is 167 Å². The van der Waals surface area contributed by atoms with Crippen molar-refractivity contribution in [3.63, 3.8) is 0 Å². The van der Waals surface area contributed by atoms with Gasteiger partial charge in [0.2, 0.25) is 11.8 Å². The average molecular weight is 380 g/mol. The second kappa shape index (κ2) is 7.66. The fourth-order valence-corrected chi connectivity index (χ4v) is 3.36. The monoisotopic (exact) mass is 379 g/mol. The summed E-state index contributed by atoms with van der Waals surface area (Å²) in [5.74, 6) is -0.464. The molecule has 2 aromatic carbocycles. The van der Waals surface area contributed by atoms with Crippen molar-refractivity contribution in [2.75, 3.05) is 35.8 Å². The summed E-state index contributed by atoms with van der Waals surface area (Å²) in [6, 6.07) is 15.7. The number of rotatable bonds is 4. The first-order valence-corrected chi connectivity index (χ1v) is 9.64. The van der Waals surface area contributed by atoms with Crippen LogP contribution in [0.5, 0.6) is 0 Å². The van der Waals surface area contributed by atoms with Crippen molar-refractivity contribution in [2.24, 2.45) is 5.92 Å². The van der Waals surface area contributed by atoms with Crippen LogP contribution in [0, 0.1) is 5.92 Å². The van der Waals surface area contributed by atoms with E-state index in [1.165, 1.54) is 5.56 Å². The van der Waals surface area contributed by atoms with Gasteiger partial charge in [-0.25, -0.2) is 0 Å². The smallest absolute Gasteiger partial charge is 0.229 e. The molecule has 28 heavy (non-hydrogen) atoms. The van der Waals surface area contributed by atoms with Crippen molar-refractivity contribution in [1.29, 1.82) is 0 Å². The molecule has 148 valence electrons. The van der Waals surface area contributed by atoms with Crippen molar-refractivity contribution in [3.8, 4) is 0 Å². The van der Waals surface area contributed by atoms with Gasteiger partial charge in [-0.15, -0.1) is 0 Å². The van der Waals surface area contributed by atoms with E-state index in [1.807, 2.05) is 67.5 Å². The molecule has 2 aromatic rings. The minimum absolute atomic E-state index is 0.0131. The molecule has 1 aliphatic rings. The highest BCUT2D eigenvalue weighted by atomic mass is 16.2. The Hall–Kier alpha value is -2.82. The summed E-state index contributed by atoms with van der Waals surface area (Å²) in [7, 11) is 3.95. The molecular formula is C23H29N3O2. The lowest BCUT2D eigenvalue weighted by molar-refractivity contribution is -0.122.